The second-order valence-corrected chi connectivity index (χ2v) is 4.68. The Bertz CT molecular complexity index is 484. The van der Waals surface area contributed by atoms with E-state index >= 15 is 0 Å². The smallest absolute Gasteiger partial charge is 0.123 e. The van der Waals surface area contributed by atoms with Crippen LogP contribution < -0.4 is 5.32 Å². The van der Waals surface area contributed by atoms with Gasteiger partial charge in [-0.05, 0) is 49.6 Å². The summed E-state index contributed by atoms with van der Waals surface area (Å²) in [5.74, 6) is 1.04. The molecule has 0 aliphatic carbocycles. The van der Waals surface area contributed by atoms with Gasteiger partial charge >= 0.3 is 0 Å². The molecule has 96 valence electrons. The number of benzene rings is 1. The predicted octanol–water partition coefficient (Wildman–Crippen LogP) is 3.65. The zero-order chi connectivity index (χ0) is 13.0. The summed E-state index contributed by atoms with van der Waals surface area (Å²) in [4.78, 5) is 0. The van der Waals surface area contributed by atoms with Crippen molar-refractivity contribution < 1.29 is 4.42 Å². The van der Waals surface area contributed by atoms with Crippen LogP contribution in [0.15, 0.2) is 41.0 Å². The minimum Gasteiger partial charge on any atom is -0.467 e. The first-order valence-electron chi connectivity index (χ1n) is 6.53. The van der Waals surface area contributed by atoms with Crippen molar-refractivity contribution in [2.45, 2.75) is 32.7 Å². The molecule has 1 unspecified atom stereocenters. The van der Waals surface area contributed by atoms with Crippen molar-refractivity contribution in [3.05, 3.63) is 59.0 Å². The van der Waals surface area contributed by atoms with Crippen LogP contribution in [0.2, 0.25) is 0 Å². The van der Waals surface area contributed by atoms with E-state index in [1.54, 1.807) is 6.26 Å². The standard InChI is InChI=1S/C16H21NO/c1-4-13-5-7-14(8-6-13)11-15(17-3)16-12(2)9-10-18-16/h5-10,15,17H,4,11H2,1-3H3. The van der Waals surface area contributed by atoms with Crippen molar-refractivity contribution in [1.29, 1.82) is 0 Å². The van der Waals surface area contributed by atoms with Crippen LogP contribution in [0.25, 0.3) is 0 Å². The Morgan fingerprint density at radius 1 is 1.11 bits per heavy atom. The number of nitrogens with one attached hydrogen (secondary N) is 1. The third-order valence-corrected chi connectivity index (χ3v) is 3.44. The summed E-state index contributed by atoms with van der Waals surface area (Å²) in [5.41, 5.74) is 3.93. The van der Waals surface area contributed by atoms with Crippen LogP contribution in [-0.2, 0) is 12.8 Å². The SMILES string of the molecule is CCc1ccc(CC(NC)c2occc2C)cc1. The number of aryl methyl sites for hydroxylation is 2. The van der Waals surface area contributed by atoms with Crippen molar-refractivity contribution >= 4 is 0 Å². The van der Waals surface area contributed by atoms with Gasteiger partial charge in [-0.3, -0.25) is 0 Å². The molecule has 2 nitrogen and oxygen atoms in total. The molecular formula is C16H21NO. The second-order valence-electron chi connectivity index (χ2n) is 4.68. The van der Waals surface area contributed by atoms with Gasteiger partial charge < -0.3 is 9.73 Å². The zero-order valence-electron chi connectivity index (χ0n) is 11.4. The quantitative estimate of drug-likeness (QED) is 0.867. The highest BCUT2D eigenvalue weighted by Crippen LogP contribution is 2.22. The number of rotatable bonds is 5. The monoisotopic (exact) mass is 243 g/mol. The van der Waals surface area contributed by atoms with Gasteiger partial charge in [-0.15, -0.1) is 0 Å². The fourth-order valence-corrected chi connectivity index (χ4v) is 2.21. The molecule has 0 radical (unpaired) electrons. The highest BCUT2D eigenvalue weighted by molar-refractivity contribution is 5.26. The van der Waals surface area contributed by atoms with Gasteiger partial charge in [0, 0.05) is 0 Å². The van der Waals surface area contributed by atoms with Crippen molar-refractivity contribution in [1.82, 2.24) is 5.32 Å². The van der Waals surface area contributed by atoms with Crippen LogP contribution in [0.3, 0.4) is 0 Å². The Morgan fingerprint density at radius 2 is 1.78 bits per heavy atom. The Balaban J connectivity index is 2.13. The summed E-state index contributed by atoms with van der Waals surface area (Å²) in [5, 5.41) is 3.33. The van der Waals surface area contributed by atoms with Crippen molar-refractivity contribution in [2.75, 3.05) is 7.05 Å². The fourth-order valence-electron chi connectivity index (χ4n) is 2.21. The molecule has 2 rings (SSSR count). The normalized spacial score (nSPS) is 12.6. The van der Waals surface area contributed by atoms with Gasteiger partial charge in [0.1, 0.15) is 5.76 Å². The van der Waals surface area contributed by atoms with Crippen LogP contribution in [0, 0.1) is 6.92 Å². The molecule has 0 fully saturated rings. The highest BCUT2D eigenvalue weighted by Gasteiger charge is 2.15. The molecule has 2 aromatic rings. The molecule has 0 aliphatic rings. The number of furan rings is 1. The van der Waals surface area contributed by atoms with Gasteiger partial charge in [-0.1, -0.05) is 31.2 Å². The number of likely N-dealkylation sites (N-methyl/N-ethyl adjacent to an activating group) is 1. The van der Waals surface area contributed by atoms with Crippen LogP contribution >= 0.6 is 0 Å². The van der Waals surface area contributed by atoms with E-state index in [1.807, 2.05) is 13.1 Å². The average molecular weight is 243 g/mol. The van der Waals surface area contributed by atoms with E-state index in [0.717, 1.165) is 18.6 Å². The molecule has 2 heteroatoms. The summed E-state index contributed by atoms with van der Waals surface area (Å²) in [6.07, 6.45) is 3.80. The summed E-state index contributed by atoms with van der Waals surface area (Å²) in [6.45, 7) is 4.26. The lowest BCUT2D eigenvalue weighted by atomic mass is 10.0. The van der Waals surface area contributed by atoms with Crippen LogP contribution in [0.4, 0.5) is 0 Å². The number of hydrogen-bond donors (Lipinski definition) is 1. The van der Waals surface area contributed by atoms with Gasteiger partial charge in [0.15, 0.2) is 0 Å². The molecule has 0 saturated heterocycles. The molecule has 18 heavy (non-hydrogen) atoms. The minimum atomic E-state index is 0.243. The minimum absolute atomic E-state index is 0.243. The second kappa shape index (κ2) is 5.87. The molecule has 0 spiro atoms. The predicted molar refractivity (Wildman–Crippen MR) is 74.8 cm³/mol. The molecule has 0 aliphatic heterocycles. The molecule has 0 saturated carbocycles. The van der Waals surface area contributed by atoms with Gasteiger partial charge in [0.2, 0.25) is 0 Å². The third-order valence-electron chi connectivity index (χ3n) is 3.44. The molecule has 0 bridgehead atoms. The van der Waals surface area contributed by atoms with Gasteiger partial charge in [-0.25, -0.2) is 0 Å². The Labute approximate surface area is 109 Å². The molecule has 1 heterocycles. The van der Waals surface area contributed by atoms with Crippen LogP contribution in [-0.4, -0.2) is 7.05 Å². The maximum atomic E-state index is 5.57. The fraction of sp³-hybridized carbons (Fsp3) is 0.375. The molecule has 0 amide bonds. The molecule has 1 aromatic carbocycles. The molecule has 1 aromatic heterocycles. The lowest BCUT2D eigenvalue weighted by molar-refractivity contribution is 0.426. The zero-order valence-corrected chi connectivity index (χ0v) is 11.4. The van der Waals surface area contributed by atoms with Gasteiger partial charge in [-0.2, -0.15) is 0 Å². The largest absolute Gasteiger partial charge is 0.467 e. The van der Waals surface area contributed by atoms with Crippen LogP contribution in [0.5, 0.6) is 0 Å². The van der Waals surface area contributed by atoms with E-state index < -0.39 is 0 Å². The summed E-state index contributed by atoms with van der Waals surface area (Å²) in [7, 11) is 1.98. The first-order chi connectivity index (χ1) is 8.74. The van der Waals surface area contributed by atoms with E-state index in [4.69, 9.17) is 4.42 Å². The topological polar surface area (TPSA) is 25.2 Å². The lowest BCUT2D eigenvalue weighted by Gasteiger charge is -2.15. The van der Waals surface area contributed by atoms with E-state index in [0.29, 0.717) is 0 Å². The third kappa shape index (κ3) is 2.82. The summed E-state index contributed by atoms with van der Waals surface area (Å²) < 4.78 is 5.57. The molecular weight excluding hydrogens is 222 g/mol. The first-order valence-corrected chi connectivity index (χ1v) is 6.53. The van der Waals surface area contributed by atoms with E-state index in [1.165, 1.54) is 16.7 Å². The van der Waals surface area contributed by atoms with E-state index in [9.17, 15) is 0 Å². The van der Waals surface area contributed by atoms with Gasteiger partial charge in [0.05, 0.1) is 12.3 Å². The average Bonchev–Trinajstić information content (AvgIpc) is 2.83. The Kier molecular flexibility index (Phi) is 4.21. The Hall–Kier alpha value is -1.54. The van der Waals surface area contributed by atoms with E-state index in [-0.39, 0.29) is 6.04 Å². The van der Waals surface area contributed by atoms with Crippen molar-refractivity contribution in [3.8, 4) is 0 Å². The first kappa shape index (κ1) is 12.9. The molecule has 1 N–H and O–H groups in total. The van der Waals surface area contributed by atoms with Crippen molar-refractivity contribution in [2.24, 2.45) is 0 Å². The van der Waals surface area contributed by atoms with Crippen molar-refractivity contribution in [3.63, 3.8) is 0 Å². The van der Waals surface area contributed by atoms with Crippen LogP contribution in [0.1, 0.15) is 35.4 Å². The number of hydrogen-bond acceptors (Lipinski definition) is 2. The summed E-state index contributed by atoms with van der Waals surface area (Å²) >= 11 is 0. The van der Waals surface area contributed by atoms with E-state index in [2.05, 4.69) is 43.4 Å². The summed E-state index contributed by atoms with van der Waals surface area (Å²) in [6, 6.07) is 11.1. The lowest BCUT2D eigenvalue weighted by Crippen LogP contribution is -2.19. The molecule has 1 atom stereocenters. The Morgan fingerprint density at radius 3 is 2.28 bits per heavy atom. The van der Waals surface area contributed by atoms with Gasteiger partial charge in [0.25, 0.3) is 0 Å². The maximum absolute atomic E-state index is 5.57. The maximum Gasteiger partial charge on any atom is 0.123 e. The highest BCUT2D eigenvalue weighted by atomic mass is 16.3.